The fourth-order valence-electron chi connectivity index (χ4n) is 5.09. The van der Waals surface area contributed by atoms with Gasteiger partial charge in [0.25, 0.3) is 0 Å². The second kappa shape index (κ2) is 11.0. The summed E-state index contributed by atoms with van der Waals surface area (Å²) in [4.78, 5) is 19.5. The summed E-state index contributed by atoms with van der Waals surface area (Å²) in [5.74, 6) is 0.164. The van der Waals surface area contributed by atoms with Crippen LogP contribution in [0.4, 0.5) is 23.8 Å². The lowest BCUT2D eigenvalue weighted by Gasteiger charge is -2.35. The van der Waals surface area contributed by atoms with E-state index in [-0.39, 0.29) is 36.3 Å². The van der Waals surface area contributed by atoms with E-state index in [4.69, 9.17) is 0 Å². The van der Waals surface area contributed by atoms with Crippen molar-refractivity contribution < 1.29 is 31.5 Å². The number of carbonyl (C=O) groups excluding carboxylic acids is 1. The Hall–Kier alpha value is -3.68. The number of rotatable bonds is 5. The number of aromatic nitrogens is 1. The second-order valence-electron chi connectivity index (χ2n) is 10.4. The van der Waals surface area contributed by atoms with Gasteiger partial charge >= 0.3 is 12.2 Å². The number of aliphatic hydroxyl groups is 1. The first-order valence-electron chi connectivity index (χ1n) is 13.0. The third-order valence-electron chi connectivity index (χ3n) is 7.38. The Morgan fingerprint density at radius 3 is 2.32 bits per heavy atom. The van der Waals surface area contributed by atoms with Crippen LogP contribution in [0.1, 0.15) is 23.1 Å². The number of carbonyl (C=O) groups is 1. The highest BCUT2D eigenvalue weighted by Gasteiger charge is 2.35. The van der Waals surface area contributed by atoms with E-state index >= 15 is 0 Å². The molecule has 2 atom stereocenters. The number of urea groups is 1. The molecule has 218 valence electrons. The number of benzene rings is 2. The fourth-order valence-corrected chi connectivity index (χ4v) is 6.56. The van der Waals surface area contributed by atoms with E-state index in [0.29, 0.717) is 19.3 Å². The zero-order chi connectivity index (χ0) is 29.5. The van der Waals surface area contributed by atoms with E-state index in [1.165, 1.54) is 22.5 Å². The number of nitrogens with one attached hydrogen (secondary N) is 1. The van der Waals surface area contributed by atoms with Gasteiger partial charge in [-0.3, -0.25) is 0 Å². The summed E-state index contributed by atoms with van der Waals surface area (Å²) < 4.78 is 66.2. The fraction of sp³-hybridized carbons (Fsp3) is 0.357. The zero-order valence-electron chi connectivity index (χ0n) is 22.5. The van der Waals surface area contributed by atoms with Crippen molar-refractivity contribution in [3.8, 4) is 11.1 Å². The number of aliphatic hydroxyl groups excluding tert-OH is 1. The van der Waals surface area contributed by atoms with Crippen LogP contribution in [0.3, 0.4) is 0 Å². The van der Waals surface area contributed by atoms with E-state index in [2.05, 4.69) is 10.3 Å². The molecule has 3 aromatic rings. The van der Waals surface area contributed by atoms with Gasteiger partial charge in [-0.25, -0.2) is 18.2 Å². The van der Waals surface area contributed by atoms with E-state index in [1.807, 2.05) is 18.2 Å². The first-order valence-corrected chi connectivity index (χ1v) is 14.4. The van der Waals surface area contributed by atoms with Gasteiger partial charge in [0.05, 0.1) is 22.6 Å². The van der Waals surface area contributed by atoms with Crippen LogP contribution in [0.5, 0.6) is 0 Å². The summed E-state index contributed by atoms with van der Waals surface area (Å²) in [6.07, 6.45) is -4.64. The highest BCUT2D eigenvalue weighted by molar-refractivity contribution is 7.89. The largest absolute Gasteiger partial charge is 0.417 e. The molecule has 0 unspecified atom stereocenters. The number of hydrogen-bond donors (Lipinski definition) is 2. The molecule has 0 spiro atoms. The summed E-state index contributed by atoms with van der Waals surface area (Å²) >= 11 is 0. The summed E-state index contributed by atoms with van der Waals surface area (Å²) in [7, 11) is -0.460. The van der Waals surface area contributed by atoms with Crippen molar-refractivity contribution in [3.05, 3.63) is 77.5 Å². The van der Waals surface area contributed by atoms with Gasteiger partial charge in [-0.15, -0.1) is 0 Å². The molecule has 2 aliphatic rings. The van der Waals surface area contributed by atoms with Crippen LogP contribution in [-0.4, -0.2) is 78.0 Å². The van der Waals surface area contributed by atoms with Gasteiger partial charge in [-0.05, 0) is 59.0 Å². The SMILES string of the molecule is CN(C)C(=O)N1Cc2ccc(-c3ccc(S(=O)(=O)N4CC[C@@H](Nc5ccc(C(F)(F)F)cn5)[C@@H](O)C4)cc3)cc2C1. The number of β-amino-alcohol motifs (C(OH)–C–C–N with tert-alkyl or cyclic N) is 1. The molecule has 1 fully saturated rings. The Morgan fingerprint density at radius 2 is 1.71 bits per heavy atom. The van der Waals surface area contributed by atoms with Crippen LogP contribution >= 0.6 is 0 Å². The van der Waals surface area contributed by atoms with Gasteiger partial charge in [0.1, 0.15) is 5.82 Å². The molecule has 1 aromatic heterocycles. The minimum atomic E-state index is -4.50. The van der Waals surface area contributed by atoms with Crippen molar-refractivity contribution in [2.75, 3.05) is 32.5 Å². The normalized spacial score (nSPS) is 19.6. The molecule has 0 radical (unpaired) electrons. The van der Waals surface area contributed by atoms with Crippen LogP contribution in [0.25, 0.3) is 11.1 Å². The lowest BCUT2D eigenvalue weighted by atomic mass is 10.0. The molecule has 0 bridgehead atoms. The molecule has 5 rings (SSSR count). The quantitative estimate of drug-likeness (QED) is 0.466. The number of nitrogens with zero attached hydrogens (tertiary/aromatic N) is 4. The zero-order valence-corrected chi connectivity index (χ0v) is 23.3. The summed E-state index contributed by atoms with van der Waals surface area (Å²) in [5.41, 5.74) is 2.98. The van der Waals surface area contributed by atoms with E-state index in [1.54, 1.807) is 36.0 Å². The Labute approximate surface area is 236 Å². The maximum absolute atomic E-state index is 13.3. The van der Waals surface area contributed by atoms with Gasteiger partial charge in [0.15, 0.2) is 0 Å². The standard InChI is InChI=1S/C28H30F3N5O4S/c1-34(2)27(38)35-15-20-4-3-19(13-21(20)16-35)18-5-8-23(9-6-18)41(39,40)36-12-11-24(25(37)17-36)33-26-10-7-22(14-32-26)28(29,30)31/h3-10,13-14,24-25,37H,11-12,15-17H2,1-2H3,(H,32,33)/t24-,25+/m1/s1. The summed E-state index contributed by atoms with van der Waals surface area (Å²) in [6, 6.07) is 13.9. The van der Waals surface area contributed by atoms with Crippen LogP contribution in [-0.2, 0) is 29.3 Å². The van der Waals surface area contributed by atoms with Gasteiger partial charge in [-0.1, -0.05) is 24.3 Å². The molecule has 0 aliphatic carbocycles. The predicted octanol–water partition coefficient (Wildman–Crippen LogP) is 4.00. The molecule has 2 aromatic carbocycles. The predicted molar refractivity (Wildman–Crippen MR) is 146 cm³/mol. The molecular formula is C28H30F3N5O4S. The van der Waals surface area contributed by atoms with Gasteiger partial charge in [0.2, 0.25) is 10.0 Å². The average Bonchev–Trinajstić information content (AvgIpc) is 3.37. The van der Waals surface area contributed by atoms with Crippen molar-refractivity contribution >= 4 is 21.9 Å². The topological polar surface area (TPSA) is 106 Å². The van der Waals surface area contributed by atoms with E-state index in [0.717, 1.165) is 28.3 Å². The number of anilines is 1. The lowest BCUT2D eigenvalue weighted by Crippen LogP contribution is -2.51. The number of sulfonamides is 1. The molecule has 2 aliphatic heterocycles. The molecule has 2 amide bonds. The minimum Gasteiger partial charge on any atom is -0.390 e. The average molecular weight is 590 g/mol. The van der Waals surface area contributed by atoms with Crippen molar-refractivity contribution in [2.24, 2.45) is 0 Å². The number of fused-ring (bicyclic) bond motifs is 1. The molecule has 9 nitrogen and oxygen atoms in total. The second-order valence-corrected chi connectivity index (χ2v) is 12.4. The van der Waals surface area contributed by atoms with Crippen molar-refractivity contribution in [1.29, 1.82) is 0 Å². The van der Waals surface area contributed by atoms with Gasteiger partial charge in [0, 0.05) is 46.5 Å². The van der Waals surface area contributed by atoms with Crippen LogP contribution < -0.4 is 5.32 Å². The van der Waals surface area contributed by atoms with Crippen molar-refractivity contribution in [1.82, 2.24) is 19.1 Å². The number of halogens is 3. The minimum absolute atomic E-state index is 0.0569. The molecular weight excluding hydrogens is 559 g/mol. The summed E-state index contributed by atoms with van der Waals surface area (Å²) in [5, 5.41) is 13.5. The van der Waals surface area contributed by atoms with Crippen LogP contribution in [0.2, 0.25) is 0 Å². The molecule has 0 saturated carbocycles. The molecule has 41 heavy (non-hydrogen) atoms. The number of amides is 2. The number of pyridine rings is 1. The maximum Gasteiger partial charge on any atom is 0.417 e. The third kappa shape index (κ3) is 6.02. The van der Waals surface area contributed by atoms with Crippen molar-refractivity contribution in [3.63, 3.8) is 0 Å². The van der Waals surface area contributed by atoms with Gasteiger partial charge in [-0.2, -0.15) is 17.5 Å². The Morgan fingerprint density at radius 1 is 1.02 bits per heavy atom. The Kier molecular flexibility index (Phi) is 7.70. The smallest absolute Gasteiger partial charge is 0.390 e. The molecule has 13 heteroatoms. The van der Waals surface area contributed by atoms with Crippen LogP contribution in [0, 0.1) is 0 Å². The van der Waals surface area contributed by atoms with E-state index in [9.17, 15) is 31.5 Å². The highest BCUT2D eigenvalue weighted by atomic mass is 32.2. The third-order valence-corrected chi connectivity index (χ3v) is 9.26. The van der Waals surface area contributed by atoms with Crippen LogP contribution in [0.15, 0.2) is 65.7 Å². The van der Waals surface area contributed by atoms with Crippen molar-refractivity contribution in [2.45, 2.75) is 42.7 Å². The lowest BCUT2D eigenvalue weighted by molar-refractivity contribution is -0.137. The maximum atomic E-state index is 13.3. The Balaban J connectivity index is 1.23. The highest BCUT2D eigenvalue weighted by Crippen LogP contribution is 2.31. The number of piperidine rings is 1. The summed E-state index contributed by atoms with van der Waals surface area (Å²) in [6.45, 7) is 0.999. The number of hydrogen-bond acceptors (Lipinski definition) is 6. The first-order chi connectivity index (χ1) is 19.3. The number of alkyl halides is 3. The molecule has 3 heterocycles. The monoisotopic (exact) mass is 589 g/mol. The Bertz CT molecular complexity index is 1530. The molecule has 2 N–H and O–H groups in total. The molecule has 1 saturated heterocycles. The van der Waals surface area contributed by atoms with E-state index < -0.39 is 33.9 Å². The first kappa shape index (κ1) is 28.8. The van der Waals surface area contributed by atoms with Gasteiger partial charge < -0.3 is 20.2 Å².